The van der Waals surface area contributed by atoms with Gasteiger partial charge in [0.1, 0.15) is 18.3 Å². The van der Waals surface area contributed by atoms with Crippen molar-refractivity contribution >= 4 is 29.2 Å². The standard InChI is InChI=1S/C30H28ClN7O4/c1-4-42-27(39)17-37-25-13-10-21(30(40,26-16-32-18-36(26)2)20-8-11-23(41-3)12-9-20)15-24(25)28(38-29(37)33-34-35-38)19-6-5-7-22(31)14-19/h5-16,18,28,40H,4,17H2,1-3H3. The summed E-state index contributed by atoms with van der Waals surface area (Å²) in [6.07, 6.45) is 3.29. The molecule has 5 aromatic rings. The molecule has 0 spiro atoms. The van der Waals surface area contributed by atoms with Crippen molar-refractivity contribution in [1.82, 2.24) is 29.8 Å². The molecule has 0 saturated carbocycles. The molecular weight excluding hydrogens is 558 g/mol. The van der Waals surface area contributed by atoms with Gasteiger partial charge < -0.3 is 19.1 Å². The molecule has 3 aromatic carbocycles. The number of tetrazole rings is 1. The lowest BCUT2D eigenvalue weighted by atomic mass is 9.81. The van der Waals surface area contributed by atoms with Crippen LogP contribution in [0.25, 0.3) is 0 Å². The molecule has 2 unspecified atom stereocenters. The largest absolute Gasteiger partial charge is 0.497 e. The number of aliphatic hydroxyl groups is 1. The number of fused-ring (bicyclic) bond motifs is 2. The average molecular weight is 586 g/mol. The Morgan fingerprint density at radius 3 is 2.57 bits per heavy atom. The van der Waals surface area contributed by atoms with Crippen LogP contribution in [0.15, 0.2) is 79.3 Å². The van der Waals surface area contributed by atoms with Crippen LogP contribution < -0.4 is 9.64 Å². The van der Waals surface area contributed by atoms with E-state index >= 15 is 0 Å². The van der Waals surface area contributed by atoms with E-state index in [0.717, 1.165) is 11.1 Å². The maximum Gasteiger partial charge on any atom is 0.326 e. The van der Waals surface area contributed by atoms with Crippen LogP contribution in [0.4, 0.5) is 11.6 Å². The molecule has 2 aromatic heterocycles. The van der Waals surface area contributed by atoms with Gasteiger partial charge in [-0.05, 0) is 70.4 Å². The van der Waals surface area contributed by atoms with Gasteiger partial charge in [0, 0.05) is 17.6 Å². The second-order valence-electron chi connectivity index (χ2n) is 9.87. The number of carbonyl (C=O) groups excluding carboxylic acids is 1. The molecule has 214 valence electrons. The van der Waals surface area contributed by atoms with E-state index in [1.165, 1.54) is 0 Å². The summed E-state index contributed by atoms with van der Waals surface area (Å²) in [4.78, 5) is 18.7. The van der Waals surface area contributed by atoms with Gasteiger partial charge in [-0.2, -0.15) is 4.68 Å². The van der Waals surface area contributed by atoms with Gasteiger partial charge in [0.2, 0.25) is 0 Å². The fraction of sp³-hybridized carbons (Fsp3) is 0.233. The van der Waals surface area contributed by atoms with E-state index in [1.54, 1.807) is 58.9 Å². The number of benzene rings is 3. The Kier molecular flexibility index (Phi) is 7.13. The first kappa shape index (κ1) is 27.4. The van der Waals surface area contributed by atoms with Crippen molar-refractivity contribution in [2.45, 2.75) is 18.6 Å². The Bertz CT molecular complexity index is 1750. The number of aryl methyl sites for hydroxylation is 1. The maximum atomic E-state index is 12.7. The van der Waals surface area contributed by atoms with Gasteiger partial charge in [-0.3, -0.25) is 9.69 Å². The zero-order valence-electron chi connectivity index (χ0n) is 23.2. The Hall–Kier alpha value is -4.74. The second kappa shape index (κ2) is 10.9. The van der Waals surface area contributed by atoms with Crippen molar-refractivity contribution in [1.29, 1.82) is 0 Å². The van der Waals surface area contributed by atoms with Gasteiger partial charge >= 0.3 is 5.97 Å². The number of hydrogen-bond donors (Lipinski definition) is 1. The summed E-state index contributed by atoms with van der Waals surface area (Å²) in [5.41, 5.74) is 2.45. The third kappa shape index (κ3) is 4.56. The molecule has 6 rings (SSSR count). The lowest BCUT2D eigenvalue weighted by Crippen LogP contribution is -2.36. The number of imidazole rings is 1. The van der Waals surface area contributed by atoms with Crippen LogP contribution in [0.3, 0.4) is 0 Å². The highest BCUT2D eigenvalue weighted by atomic mass is 35.5. The highest BCUT2D eigenvalue weighted by Gasteiger charge is 2.40. The van der Waals surface area contributed by atoms with Crippen molar-refractivity contribution in [3.05, 3.63) is 112 Å². The fourth-order valence-electron chi connectivity index (χ4n) is 5.51. The predicted molar refractivity (Wildman–Crippen MR) is 155 cm³/mol. The van der Waals surface area contributed by atoms with Gasteiger partial charge in [0.05, 0.1) is 37.6 Å². The SMILES string of the molecule is CCOC(=O)CN1c2ccc(C(O)(c3ccc(OC)cc3)c3cncn3C)cc2C(c2cccc(Cl)c2)n2nnnc21. The van der Waals surface area contributed by atoms with Gasteiger partial charge in [-0.15, -0.1) is 0 Å². The number of rotatable bonds is 8. The predicted octanol–water partition coefficient (Wildman–Crippen LogP) is 4.01. The zero-order chi connectivity index (χ0) is 29.4. The highest BCUT2D eigenvalue weighted by Crippen LogP contribution is 2.46. The van der Waals surface area contributed by atoms with Crippen LogP contribution in [-0.2, 0) is 22.2 Å². The summed E-state index contributed by atoms with van der Waals surface area (Å²) in [6, 6.07) is 19.8. The summed E-state index contributed by atoms with van der Waals surface area (Å²) < 4.78 is 14.0. The maximum absolute atomic E-state index is 12.7. The van der Waals surface area contributed by atoms with Gasteiger partial charge in [-0.1, -0.05) is 47.0 Å². The van der Waals surface area contributed by atoms with E-state index in [2.05, 4.69) is 20.5 Å². The molecule has 2 atom stereocenters. The minimum atomic E-state index is -1.60. The Labute approximate surface area is 246 Å². The Morgan fingerprint density at radius 2 is 1.88 bits per heavy atom. The minimum Gasteiger partial charge on any atom is -0.497 e. The van der Waals surface area contributed by atoms with Crippen molar-refractivity contribution in [3.63, 3.8) is 0 Å². The molecule has 1 aliphatic rings. The molecule has 0 fully saturated rings. The first-order valence-electron chi connectivity index (χ1n) is 13.3. The zero-order valence-corrected chi connectivity index (χ0v) is 23.9. The quantitative estimate of drug-likeness (QED) is 0.269. The first-order chi connectivity index (χ1) is 20.3. The number of carbonyl (C=O) groups is 1. The fourth-order valence-corrected chi connectivity index (χ4v) is 5.71. The molecule has 11 nitrogen and oxygen atoms in total. The smallest absolute Gasteiger partial charge is 0.326 e. The van der Waals surface area contributed by atoms with Crippen LogP contribution >= 0.6 is 11.6 Å². The first-order valence-corrected chi connectivity index (χ1v) is 13.7. The molecule has 0 radical (unpaired) electrons. The number of aromatic nitrogens is 6. The number of anilines is 2. The summed E-state index contributed by atoms with van der Waals surface area (Å²) in [6.45, 7) is 1.90. The number of hydrogen-bond acceptors (Lipinski definition) is 9. The van der Waals surface area contributed by atoms with E-state index in [9.17, 15) is 9.90 Å². The van der Waals surface area contributed by atoms with Gasteiger partial charge in [0.15, 0.2) is 5.60 Å². The molecule has 42 heavy (non-hydrogen) atoms. The highest BCUT2D eigenvalue weighted by molar-refractivity contribution is 6.30. The average Bonchev–Trinajstić information content (AvgIpc) is 3.66. The molecule has 0 aliphatic carbocycles. The molecule has 3 heterocycles. The molecule has 1 aliphatic heterocycles. The van der Waals surface area contributed by atoms with Crippen LogP contribution in [0.5, 0.6) is 5.75 Å². The van der Waals surface area contributed by atoms with Crippen molar-refractivity contribution in [3.8, 4) is 5.75 Å². The van der Waals surface area contributed by atoms with Gasteiger partial charge in [0.25, 0.3) is 5.95 Å². The van der Waals surface area contributed by atoms with E-state index in [4.69, 9.17) is 21.1 Å². The molecule has 12 heteroatoms. The van der Waals surface area contributed by atoms with E-state index in [0.29, 0.717) is 39.2 Å². The summed E-state index contributed by atoms with van der Waals surface area (Å²) in [5, 5.41) is 25.7. The molecule has 1 N–H and O–H groups in total. The minimum absolute atomic E-state index is 0.104. The number of halogens is 1. The van der Waals surface area contributed by atoms with E-state index in [-0.39, 0.29) is 13.2 Å². The molecular formula is C30H28ClN7O4. The molecule has 0 bridgehead atoms. The lowest BCUT2D eigenvalue weighted by molar-refractivity contribution is -0.141. The third-order valence-corrected chi connectivity index (χ3v) is 7.68. The van der Waals surface area contributed by atoms with Crippen LogP contribution in [0.2, 0.25) is 5.02 Å². The topological polar surface area (TPSA) is 120 Å². The summed E-state index contributed by atoms with van der Waals surface area (Å²) in [5.74, 6) is 0.622. The number of ether oxygens (including phenoxy) is 2. The number of nitrogens with zero attached hydrogens (tertiary/aromatic N) is 7. The lowest BCUT2D eigenvalue weighted by Gasteiger charge is -2.36. The Balaban J connectivity index is 1.59. The van der Waals surface area contributed by atoms with Crippen molar-refractivity contribution in [2.75, 3.05) is 25.2 Å². The normalized spacial score (nSPS) is 15.5. The van der Waals surface area contributed by atoms with Crippen molar-refractivity contribution in [2.24, 2.45) is 7.05 Å². The van der Waals surface area contributed by atoms with Crippen molar-refractivity contribution < 1.29 is 19.4 Å². The van der Waals surface area contributed by atoms with Crippen LogP contribution in [0.1, 0.15) is 40.9 Å². The Morgan fingerprint density at radius 1 is 1.10 bits per heavy atom. The molecule has 0 amide bonds. The van der Waals surface area contributed by atoms with Crippen LogP contribution in [-0.4, -0.2) is 61.1 Å². The number of methoxy groups -OCH3 is 1. The van der Waals surface area contributed by atoms with E-state index < -0.39 is 17.6 Å². The van der Waals surface area contributed by atoms with E-state index in [1.807, 2.05) is 55.6 Å². The molecule has 0 saturated heterocycles. The summed E-state index contributed by atoms with van der Waals surface area (Å²) >= 11 is 6.43. The second-order valence-corrected chi connectivity index (χ2v) is 10.3. The van der Waals surface area contributed by atoms with Gasteiger partial charge in [-0.25, -0.2) is 4.98 Å². The number of esters is 1. The van der Waals surface area contributed by atoms with Crippen LogP contribution in [0, 0.1) is 0 Å². The summed E-state index contributed by atoms with van der Waals surface area (Å²) in [7, 11) is 3.43. The monoisotopic (exact) mass is 585 g/mol. The third-order valence-electron chi connectivity index (χ3n) is 7.44.